The van der Waals surface area contributed by atoms with Crippen molar-refractivity contribution in [3.63, 3.8) is 0 Å². The van der Waals surface area contributed by atoms with Crippen molar-refractivity contribution in [3.05, 3.63) is 90.0 Å². The van der Waals surface area contributed by atoms with E-state index in [9.17, 15) is 0 Å². The van der Waals surface area contributed by atoms with Gasteiger partial charge in [-0.1, -0.05) is 60.7 Å². The topological polar surface area (TPSA) is 3.01 Å². The third kappa shape index (κ3) is 2.35. The summed E-state index contributed by atoms with van der Waals surface area (Å²) in [6.45, 7) is 1.03. The number of benzene rings is 3. The molecule has 0 fully saturated rings. The maximum absolute atomic E-state index is 2.38. The van der Waals surface area contributed by atoms with Crippen LogP contribution in [0.4, 0.5) is 5.69 Å². The van der Waals surface area contributed by atoms with Gasteiger partial charge in [0.1, 0.15) is 0 Å². The van der Waals surface area contributed by atoms with E-state index < -0.39 is 0 Å². The molecular formula is C21H18N+. The molecule has 3 aromatic rings. The maximum Gasteiger partial charge on any atom is 0.213 e. The molecule has 106 valence electrons. The summed E-state index contributed by atoms with van der Waals surface area (Å²) in [4.78, 5) is 0. The molecule has 1 heteroatoms. The Bertz CT molecular complexity index is 831. The standard InChI is InChI=1S/C21H18N/c1-2-9-18(10-3-1)20-12-6-7-13-21(20)22-15-14-17-8-4-5-11-19(17)16-22/h1-13,16H,14-15H2/q+1. The van der Waals surface area contributed by atoms with Crippen LogP contribution in [0.2, 0.25) is 0 Å². The summed E-state index contributed by atoms with van der Waals surface area (Å²) < 4.78 is 2.38. The van der Waals surface area contributed by atoms with Gasteiger partial charge in [-0.2, -0.15) is 4.58 Å². The van der Waals surface area contributed by atoms with Crippen molar-refractivity contribution in [2.45, 2.75) is 6.42 Å². The molecule has 1 heterocycles. The van der Waals surface area contributed by atoms with Crippen LogP contribution in [-0.2, 0) is 6.42 Å². The van der Waals surface area contributed by atoms with Gasteiger partial charge in [-0.3, -0.25) is 0 Å². The lowest BCUT2D eigenvalue weighted by Crippen LogP contribution is -2.19. The van der Waals surface area contributed by atoms with Gasteiger partial charge in [0.25, 0.3) is 0 Å². The minimum atomic E-state index is 1.03. The van der Waals surface area contributed by atoms with Gasteiger partial charge in [0.15, 0.2) is 12.8 Å². The number of para-hydroxylation sites is 1. The monoisotopic (exact) mass is 284 g/mol. The number of rotatable bonds is 2. The SMILES string of the molecule is C1=[N+](c2ccccc2-c2ccccc2)CCc2ccccc21. The number of hydrogen-bond donors (Lipinski definition) is 0. The quantitative estimate of drug-likeness (QED) is 0.601. The lowest BCUT2D eigenvalue weighted by atomic mass is 10.00. The first-order valence-electron chi connectivity index (χ1n) is 7.76. The minimum absolute atomic E-state index is 1.03. The van der Waals surface area contributed by atoms with Gasteiger partial charge in [0, 0.05) is 18.1 Å². The molecule has 0 N–H and O–H groups in total. The lowest BCUT2D eigenvalue weighted by molar-refractivity contribution is -0.435. The van der Waals surface area contributed by atoms with Crippen molar-refractivity contribution in [1.82, 2.24) is 0 Å². The van der Waals surface area contributed by atoms with Crippen LogP contribution in [0, 0.1) is 0 Å². The fourth-order valence-corrected chi connectivity index (χ4v) is 3.14. The van der Waals surface area contributed by atoms with Crippen molar-refractivity contribution < 1.29 is 4.58 Å². The highest BCUT2D eigenvalue weighted by atomic mass is 15.0. The Labute approximate surface area is 131 Å². The fourth-order valence-electron chi connectivity index (χ4n) is 3.14. The lowest BCUT2D eigenvalue weighted by Gasteiger charge is -2.14. The molecule has 0 aliphatic carbocycles. The fraction of sp³-hybridized carbons (Fsp3) is 0.0952. The number of fused-ring (bicyclic) bond motifs is 1. The largest absolute Gasteiger partial charge is 0.213 e. The molecule has 0 saturated carbocycles. The summed E-state index contributed by atoms with van der Waals surface area (Å²) in [5.41, 5.74) is 6.61. The van der Waals surface area contributed by atoms with Gasteiger partial charge in [0.2, 0.25) is 5.69 Å². The zero-order valence-corrected chi connectivity index (χ0v) is 12.4. The van der Waals surface area contributed by atoms with E-state index >= 15 is 0 Å². The number of hydrogen-bond acceptors (Lipinski definition) is 0. The van der Waals surface area contributed by atoms with Gasteiger partial charge in [-0.15, -0.1) is 0 Å². The Kier molecular flexibility index (Phi) is 3.32. The Hall–Kier alpha value is -2.67. The van der Waals surface area contributed by atoms with Gasteiger partial charge in [-0.05, 0) is 23.3 Å². The Morgan fingerprint density at radius 1 is 0.682 bits per heavy atom. The van der Waals surface area contributed by atoms with Crippen molar-refractivity contribution >= 4 is 11.9 Å². The summed E-state index contributed by atoms with van der Waals surface area (Å²) in [6, 6.07) is 27.9. The van der Waals surface area contributed by atoms with E-state index in [2.05, 4.69) is 89.7 Å². The molecule has 0 radical (unpaired) electrons. The van der Waals surface area contributed by atoms with E-state index in [1.807, 2.05) is 0 Å². The molecule has 0 bridgehead atoms. The maximum atomic E-state index is 2.38. The van der Waals surface area contributed by atoms with Crippen LogP contribution in [0.15, 0.2) is 78.9 Å². The molecule has 4 rings (SSSR count). The summed E-state index contributed by atoms with van der Waals surface area (Å²) in [5.74, 6) is 0. The molecule has 0 saturated heterocycles. The number of nitrogens with zero attached hydrogens (tertiary/aromatic N) is 1. The molecular weight excluding hydrogens is 266 g/mol. The Balaban J connectivity index is 1.84. The van der Waals surface area contributed by atoms with Crippen LogP contribution < -0.4 is 0 Å². The van der Waals surface area contributed by atoms with E-state index in [0.29, 0.717) is 0 Å². The van der Waals surface area contributed by atoms with Crippen LogP contribution in [-0.4, -0.2) is 17.3 Å². The van der Waals surface area contributed by atoms with Crippen molar-refractivity contribution in [2.75, 3.05) is 6.54 Å². The molecule has 0 spiro atoms. The molecule has 0 unspecified atom stereocenters. The second-order valence-electron chi connectivity index (χ2n) is 5.65. The van der Waals surface area contributed by atoms with Crippen LogP contribution in [0.3, 0.4) is 0 Å². The highest BCUT2D eigenvalue weighted by Crippen LogP contribution is 2.30. The molecule has 3 aromatic carbocycles. The van der Waals surface area contributed by atoms with Crippen molar-refractivity contribution in [2.24, 2.45) is 0 Å². The Morgan fingerprint density at radius 3 is 2.32 bits per heavy atom. The third-order valence-electron chi connectivity index (χ3n) is 4.27. The van der Waals surface area contributed by atoms with Gasteiger partial charge in [0.05, 0.1) is 5.56 Å². The predicted octanol–water partition coefficient (Wildman–Crippen LogP) is 4.67. The molecule has 0 aromatic heterocycles. The summed E-state index contributed by atoms with van der Waals surface area (Å²) >= 11 is 0. The van der Waals surface area contributed by atoms with Crippen molar-refractivity contribution in [1.29, 1.82) is 0 Å². The third-order valence-corrected chi connectivity index (χ3v) is 4.27. The van der Waals surface area contributed by atoms with Crippen molar-refractivity contribution in [3.8, 4) is 11.1 Å². The smallest absolute Gasteiger partial charge is 0.197 e. The minimum Gasteiger partial charge on any atom is -0.197 e. The zero-order valence-electron chi connectivity index (χ0n) is 12.4. The molecule has 1 nitrogen and oxygen atoms in total. The summed E-state index contributed by atoms with van der Waals surface area (Å²) in [7, 11) is 0. The second kappa shape index (κ2) is 5.61. The summed E-state index contributed by atoms with van der Waals surface area (Å²) in [6.07, 6.45) is 3.37. The van der Waals surface area contributed by atoms with Gasteiger partial charge < -0.3 is 0 Å². The second-order valence-corrected chi connectivity index (χ2v) is 5.65. The normalized spacial score (nSPS) is 13.4. The van der Waals surface area contributed by atoms with E-state index in [0.717, 1.165) is 13.0 Å². The molecule has 22 heavy (non-hydrogen) atoms. The first-order chi connectivity index (χ1) is 10.9. The Morgan fingerprint density at radius 2 is 1.41 bits per heavy atom. The molecule has 1 aliphatic heterocycles. The van der Waals surface area contributed by atoms with Gasteiger partial charge >= 0.3 is 0 Å². The predicted molar refractivity (Wildman–Crippen MR) is 92.0 cm³/mol. The highest BCUT2D eigenvalue weighted by molar-refractivity contribution is 5.81. The highest BCUT2D eigenvalue weighted by Gasteiger charge is 2.20. The first kappa shape index (κ1) is 13.0. The van der Waals surface area contributed by atoms with E-state index in [1.165, 1.54) is 27.9 Å². The van der Waals surface area contributed by atoms with Crippen LogP contribution in [0.5, 0.6) is 0 Å². The van der Waals surface area contributed by atoms with E-state index in [4.69, 9.17) is 0 Å². The van der Waals surface area contributed by atoms with Crippen LogP contribution in [0.25, 0.3) is 11.1 Å². The first-order valence-corrected chi connectivity index (χ1v) is 7.76. The van der Waals surface area contributed by atoms with Crippen LogP contribution in [0.1, 0.15) is 11.1 Å². The average molecular weight is 284 g/mol. The van der Waals surface area contributed by atoms with E-state index in [-0.39, 0.29) is 0 Å². The zero-order chi connectivity index (χ0) is 14.8. The van der Waals surface area contributed by atoms with Crippen LogP contribution >= 0.6 is 0 Å². The molecule has 0 atom stereocenters. The molecule has 0 amide bonds. The molecule has 1 aliphatic rings. The van der Waals surface area contributed by atoms with Gasteiger partial charge in [-0.25, -0.2) is 0 Å². The summed E-state index contributed by atoms with van der Waals surface area (Å²) in [5, 5.41) is 0. The average Bonchev–Trinajstić information content (AvgIpc) is 2.62. The van der Waals surface area contributed by atoms with E-state index in [1.54, 1.807) is 0 Å².